The number of unbranched alkanes of at least 4 members (excludes halogenated alkanes) is 2. The summed E-state index contributed by atoms with van der Waals surface area (Å²) in [5, 5.41) is 3.09. The van der Waals surface area contributed by atoms with E-state index in [0.717, 1.165) is 58.1 Å². The molecule has 0 atom stereocenters. The fraction of sp³-hybridized carbons (Fsp3) is 0.933. The third kappa shape index (κ3) is 5.49. The van der Waals surface area contributed by atoms with Crippen LogP contribution in [-0.2, 0) is 9.53 Å². The van der Waals surface area contributed by atoms with E-state index in [9.17, 15) is 4.79 Å². The second kappa shape index (κ2) is 9.32. The minimum Gasteiger partial charge on any atom is -0.385 e. The van der Waals surface area contributed by atoms with E-state index in [1.807, 2.05) is 0 Å². The van der Waals surface area contributed by atoms with Gasteiger partial charge in [0.2, 0.25) is 5.91 Å². The molecule has 1 aliphatic carbocycles. The van der Waals surface area contributed by atoms with Crippen molar-refractivity contribution in [1.29, 1.82) is 0 Å². The summed E-state index contributed by atoms with van der Waals surface area (Å²) < 4.78 is 5.01. The van der Waals surface area contributed by atoms with Crippen LogP contribution in [0, 0.1) is 5.41 Å². The lowest BCUT2D eigenvalue weighted by molar-refractivity contribution is -0.131. The predicted molar refractivity (Wildman–Crippen MR) is 77.9 cm³/mol. The Balaban J connectivity index is 2.28. The van der Waals surface area contributed by atoms with Crippen molar-refractivity contribution < 1.29 is 9.53 Å². The molecule has 19 heavy (non-hydrogen) atoms. The molecule has 0 heterocycles. The maximum absolute atomic E-state index is 12.4. The van der Waals surface area contributed by atoms with Crippen LogP contribution in [0.5, 0.6) is 0 Å². The maximum atomic E-state index is 12.4. The van der Waals surface area contributed by atoms with Crippen LogP contribution in [0.3, 0.4) is 0 Å². The Morgan fingerprint density at radius 2 is 1.84 bits per heavy atom. The van der Waals surface area contributed by atoms with Gasteiger partial charge in [-0.3, -0.25) is 4.79 Å². The first-order chi connectivity index (χ1) is 9.25. The summed E-state index contributed by atoms with van der Waals surface area (Å²) in [6.07, 6.45) is 9.86. The fourth-order valence-corrected chi connectivity index (χ4v) is 2.87. The van der Waals surface area contributed by atoms with Gasteiger partial charge in [-0.15, -0.1) is 0 Å². The van der Waals surface area contributed by atoms with Crippen molar-refractivity contribution in [2.24, 2.45) is 11.1 Å². The number of hydrogen-bond acceptors (Lipinski definition) is 3. The average molecular weight is 270 g/mol. The van der Waals surface area contributed by atoms with Crippen LogP contribution >= 0.6 is 0 Å². The monoisotopic (exact) mass is 270 g/mol. The molecule has 112 valence electrons. The van der Waals surface area contributed by atoms with Crippen LogP contribution in [0.4, 0.5) is 0 Å². The highest BCUT2D eigenvalue weighted by Crippen LogP contribution is 2.34. The second-order valence-corrected chi connectivity index (χ2v) is 5.71. The minimum absolute atomic E-state index is 0.184. The molecule has 0 unspecified atom stereocenters. The largest absolute Gasteiger partial charge is 0.385 e. The fourth-order valence-electron chi connectivity index (χ4n) is 2.87. The Hall–Kier alpha value is -0.610. The Labute approximate surface area is 117 Å². The second-order valence-electron chi connectivity index (χ2n) is 5.71. The molecule has 1 amide bonds. The molecule has 1 saturated carbocycles. The number of carbonyl (C=O) groups is 1. The molecule has 0 aromatic carbocycles. The van der Waals surface area contributed by atoms with E-state index in [1.54, 1.807) is 7.11 Å². The molecular weight excluding hydrogens is 240 g/mol. The lowest BCUT2D eigenvalue weighted by Gasteiger charge is -2.29. The summed E-state index contributed by atoms with van der Waals surface area (Å²) in [6, 6.07) is 0. The molecule has 0 saturated heterocycles. The van der Waals surface area contributed by atoms with E-state index < -0.39 is 0 Å². The van der Waals surface area contributed by atoms with Gasteiger partial charge in [-0.05, 0) is 32.1 Å². The summed E-state index contributed by atoms with van der Waals surface area (Å²) in [7, 11) is 1.72. The quantitative estimate of drug-likeness (QED) is 0.525. The minimum atomic E-state index is -0.289. The van der Waals surface area contributed by atoms with E-state index in [-0.39, 0.29) is 11.3 Å². The highest BCUT2D eigenvalue weighted by Gasteiger charge is 2.36. The molecule has 3 N–H and O–H groups in total. The van der Waals surface area contributed by atoms with Gasteiger partial charge in [0, 0.05) is 26.8 Å². The highest BCUT2D eigenvalue weighted by molar-refractivity contribution is 5.82. The Morgan fingerprint density at radius 3 is 2.42 bits per heavy atom. The van der Waals surface area contributed by atoms with Crippen molar-refractivity contribution in [3.8, 4) is 0 Å². The standard InChI is InChI=1S/C15H30N2O2/c1-19-12-8-4-7-11-17-14(18)15(13-16)9-5-2-3-6-10-15/h2-13,16H2,1H3,(H,17,18). The zero-order chi connectivity index (χ0) is 14.0. The van der Waals surface area contributed by atoms with Gasteiger partial charge in [-0.2, -0.15) is 0 Å². The van der Waals surface area contributed by atoms with Crippen LogP contribution in [-0.4, -0.2) is 32.7 Å². The van der Waals surface area contributed by atoms with E-state index >= 15 is 0 Å². The smallest absolute Gasteiger partial charge is 0.227 e. The lowest BCUT2D eigenvalue weighted by Crippen LogP contribution is -2.46. The van der Waals surface area contributed by atoms with Crippen LogP contribution in [0.15, 0.2) is 0 Å². The van der Waals surface area contributed by atoms with Gasteiger partial charge in [-0.25, -0.2) is 0 Å². The Kier molecular flexibility index (Phi) is 8.07. The summed E-state index contributed by atoms with van der Waals surface area (Å²) >= 11 is 0. The molecule has 1 fully saturated rings. The van der Waals surface area contributed by atoms with E-state index in [2.05, 4.69) is 5.32 Å². The topological polar surface area (TPSA) is 64.3 Å². The zero-order valence-corrected chi connectivity index (χ0v) is 12.4. The molecule has 0 bridgehead atoms. The van der Waals surface area contributed by atoms with Gasteiger partial charge in [0.15, 0.2) is 0 Å². The summed E-state index contributed by atoms with van der Waals surface area (Å²) in [5.41, 5.74) is 5.61. The van der Waals surface area contributed by atoms with Crippen LogP contribution in [0.1, 0.15) is 57.8 Å². The number of rotatable bonds is 8. The van der Waals surface area contributed by atoms with Gasteiger partial charge < -0.3 is 15.8 Å². The van der Waals surface area contributed by atoms with Gasteiger partial charge in [-0.1, -0.05) is 25.7 Å². The van der Waals surface area contributed by atoms with Crippen molar-refractivity contribution in [2.75, 3.05) is 26.8 Å². The normalized spacial score (nSPS) is 18.8. The molecule has 0 aromatic rings. The highest BCUT2D eigenvalue weighted by atomic mass is 16.5. The lowest BCUT2D eigenvalue weighted by atomic mass is 9.79. The van der Waals surface area contributed by atoms with Crippen molar-refractivity contribution in [3.05, 3.63) is 0 Å². The van der Waals surface area contributed by atoms with Gasteiger partial charge in [0.25, 0.3) is 0 Å². The molecule has 1 rings (SSSR count). The molecule has 0 aromatic heterocycles. The zero-order valence-electron chi connectivity index (χ0n) is 12.4. The predicted octanol–water partition coefficient (Wildman–Crippen LogP) is 2.22. The number of methoxy groups -OCH3 is 1. The SMILES string of the molecule is COCCCCCNC(=O)C1(CN)CCCCCC1. The van der Waals surface area contributed by atoms with Crippen molar-refractivity contribution in [3.63, 3.8) is 0 Å². The molecule has 0 radical (unpaired) electrons. The molecule has 4 nitrogen and oxygen atoms in total. The Bertz CT molecular complexity index is 249. The maximum Gasteiger partial charge on any atom is 0.227 e. The first kappa shape index (κ1) is 16.4. The number of nitrogens with one attached hydrogen (secondary N) is 1. The summed E-state index contributed by atoms with van der Waals surface area (Å²) in [6.45, 7) is 2.06. The third-order valence-corrected chi connectivity index (χ3v) is 4.24. The number of ether oxygens (including phenoxy) is 1. The number of carbonyl (C=O) groups excluding carboxylic acids is 1. The van der Waals surface area contributed by atoms with Gasteiger partial charge >= 0.3 is 0 Å². The summed E-state index contributed by atoms with van der Waals surface area (Å²) in [5.74, 6) is 0.184. The third-order valence-electron chi connectivity index (χ3n) is 4.24. The van der Waals surface area contributed by atoms with Crippen molar-refractivity contribution in [1.82, 2.24) is 5.32 Å². The number of hydrogen-bond donors (Lipinski definition) is 2. The molecule has 1 aliphatic rings. The van der Waals surface area contributed by atoms with E-state index in [4.69, 9.17) is 10.5 Å². The van der Waals surface area contributed by atoms with Gasteiger partial charge in [0.05, 0.1) is 5.41 Å². The number of nitrogens with two attached hydrogens (primary N) is 1. The van der Waals surface area contributed by atoms with E-state index in [0.29, 0.717) is 6.54 Å². The van der Waals surface area contributed by atoms with Crippen molar-refractivity contribution >= 4 is 5.91 Å². The van der Waals surface area contributed by atoms with Crippen LogP contribution in [0.2, 0.25) is 0 Å². The average Bonchev–Trinajstić information content (AvgIpc) is 2.68. The number of amides is 1. The van der Waals surface area contributed by atoms with Gasteiger partial charge in [0.1, 0.15) is 0 Å². The molecule has 0 aliphatic heterocycles. The molecule has 4 heteroatoms. The first-order valence-corrected chi connectivity index (χ1v) is 7.72. The van der Waals surface area contributed by atoms with Crippen LogP contribution < -0.4 is 11.1 Å². The van der Waals surface area contributed by atoms with E-state index in [1.165, 1.54) is 12.8 Å². The van der Waals surface area contributed by atoms with Crippen LogP contribution in [0.25, 0.3) is 0 Å². The molecular formula is C15H30N2O2. The Morgan fingerprint density at radius 1 is 1.16 bits per heavy atom. The first-order valence-electron chi connectivity index (χ1n) is 7.72. The molecule has 0 spiro atoms. The summed E-state index contributed by atoms with van der Waals surface area (Å²) in [4.78, 5) is 12.4. The van der Waals surface area contributed by atoms with Crippen molar-refractivity contribution in [2.45, 2.75) is 57.8 Å².